The molecule has 0 aliphatic heterocycles. The van der Waals surface area contributed by atoms with Gasteiger partial charge in [0, 0.05) is 6.54 Å². The van der Waals surface area contributed by atoms with Crippen molar-refractivity contribution in [2.24, 2.45) is 11.8 Å². The van der Waals surface area contributed by atoms with Crippen LogP contribution in [0.2, 0.25) is 0 Å². The van der Waals surface area contributed by atoms with Crippen LogP contribution in [0.15, 0.2) is 18.2 Å². The van der Waals surface area contributed by atoms with Gasteiger partial charge in [0.15, 0.2) is 0 Å². The Balaban J connectivity index is 2.09. The van der Waals surface area contributed by atoms with Crippen LogP contribution in [0.25, 0.3) is 0 Å². The average molecular weight is 249 g/mol. The smallest absolute Gasteiger partial charge is 0.314 e. The van der Waals surface area contributed by atoms with E-state index in [4.69, 9.17) is 5.73 Å². The van der Waals surface area contributed by atoms with Crippen molar-refractivity contribution in [3.63, 3.8) is 0 Å². The Kier molecular flexibility index (Phi) is 3.69. The second-order valence-electron chi connectivity index (χ2n) is 5.05. The molecule has 0 radical (unpaired) electrons. The molecule has 1 aromatic rings. The summed E-state index contributed by atoms with van der Waals surface area (Å²) in [6.45, 7) is 3.03. The number of nitrogen functional groups attached to an aromatic ring is 1. The molecule has 0 spiro atoms. The molecular weight excluding hydrogens is 230 g/mol. The highest BCUT2D eigenvalue weighted by Gasteiger charge is 2.24. The molecule has 0 bridgehead atoms. The molecule has 5 nitrogen and oxygen atoms in total. The molecule has 3 N–H and O–H groups in total. The van der Waals surface area contributed by atoms with Crippen molar-refractivity contribution in [1.29, 1.82) is 0 Å². The van der Waals surface area contributed by atoms with Crippen molar-refractivity contribution in [3.05, 3.63) is 28.3 Å². The zero-order valence-electron chi connectivity index (χ0n) is 10.6. The summed E-state index contributed by atoms with van der Waals surface area (Å²) in [5.74, 6) is 1.30. The van der Waals surface area contributed by atoms with E-state index in [1.807, 2.05) is 0 Å². The van der Waals surface area contributed by atoms with Gasteiger partial charge in [-0.1, -0.05) is 25.8 Å². The van der Waals surface area contributed by atoms with Gasteiger partial charge in [-0.05, 0) is 30.4 Å². The predicted octanol–water partition coefficient (Wildman–Crippen LogP) is 3.03. The molecule has 1 fully saturated rings. The summed E-state index contributed by atoms with van der Waals surface area (Å²) in [4.78, 5) is 10.6. The van der Waals surface area contributed by atoms with Crippen molar-refractivity contribution in [3.8, 4) is 0 Å². The Bertz CT molecular complexity index is 448. The molecule has 1 aromatic carbocycles. The molecule has 0 amide bonds. The molecule has 1 saturated carbocycles. The van der Waals surface area contributed by atoms with E-state index < -0.39 is 4.92 Å². The lowest BCUT2D eigenvalue weighted by Gasteiger charge is -2.17. The first kappa shape index (κ1) is 12.7. The standard InChI is InChI=1S/C13H19N3O2/c1-9-4-2-5-10(9)8-15-12-7-3-6-11(14)13(12)16(17)18/h3,6-7,9-10,15H,2,4-5,8,14H2,1H3. The topological polar surface area (TPSA) is 81.2 Å². The number of para-hydroxylation sites is 1. The highest BCUT2D eigenvalue weighted by molar-refractivity contribution is 5.74. The minimum absolute atomic E-state index is 0.0110. The van der Waals surface area contributed by atoms with Gasteiger partial charge in [-0.2, -0.15) is 0 Å². The Morgan fingerprint density at radius 1 is 1.50 bits per heavy atom. The molecule has 2 rings (SSSR count). The van der Waals surface area contributed by atoms with Crippen LogP contribution >= 0.6 is 0 Å². The summed E-state index contributed by atoms with van der Waals surface area (Å²) in [6, 6.07) is 5.01. The molecule has 2 atom stereocenters. The molecule has 5 heteroatoms. The van der Waals surface area contributed by atoms with Gasteiger partial charge in [0.25, 0.3) is 0 Å². The van der Waals surface area contributed by atoms with E-state index in [0.717, 1.165) is 6.54 Å². The quantitative estimate of drug-likeness (QED) is 0.488. The lowest BCUT2D eigenvalue weighted by Crippen LogP contribution is -2.17. The number of rotatable bonds is 4. The van der Waals surface area contributed by atoms with E-state index in [9.17, 15) is 10.1 Å². The molecule has 1 aliphatic rings. The zero-order valence-corrected chi connectivity index (χ0v) is 10.6. The van der Waals surface area contributed by atoms with Gasteiger partial charge in [-0.15, -0.1) is 0 Å². The Labute approximate surface area is 107 Å². The first-order chi connectivity index (χ1) is 8.59. The Morgan fingerprint density at radius 2 is 2.28 bits per heavy atom. The maximum atomic E-state index is 11.0. The Morgan fingerprint density at radius 3 is 2.89 bits per heavy atom. The zero-order chi connectivity index (χ0) is 13.1. The highest BCUT2D eigenvalue weighted by Crippen LogP contribution is 2.34. The fourth-order valence-electron chi connectivity index (χ4n) is 2.67. The summed E-state index contributed by atoms with van der Waals surface area (Å²) in [5.41, 5.74) is 6.38. The molecular formula is C13H19N3O2. The van der Waals surface area contributed by atoms with E-state index in [0.29, 0.717) is 17.5 Å². The second-order valence-corrected chi connectivity index (χ2v) is 5.05. The number of nitrogens with zero attached hydrogens (tertiary/aromatic N) is 1. The molecule has 2 unspecified atom stereocenters. The molecule has 98 valence electrons. The predicted molar refractivity (Wildman–Crippen MR) is 72.5 cm³/mol. The number of anilines is 2. The van der Waals surface area contributed by atoms with Crippen molar-refractivity contribution < 1.29 is 4.92 Å². The lowest BCUT2D eigenvalue weighted by atomic mass is 9.98. The summed E-state index contributed by atoms with van der Waals surface area (Å²) in [7, 11) is 0. The van der Waals surface area contributed by atoms with Gasteiger partial charge in [-0.25, -0.2) is 0 Å². The van der Waals surface area contributed by atoms with Crippen LogP contribution in [0.3, 0.4) is 0 Å². The van der Waals surface area contributed by atoms with Gasteiger partial charge >= 0.3 is 5.69 Å². The van der Waals surface area contributed by atoms with Crippen LogP contribution < -0.4 is 11.1 Å². The number of hydrogen-bond acceptors (Lipinski definition) is 4. The van der Waals surface area contributed by atoms with E-state index in [1.54, 1.807) is 18.2 Å². The minimum atomic E-state index is -0.421. The maximum Gasteiger partial charge on any atom is 0.314 e. The monoisotopic (exact) mass is 249 g/mol. The van der Waals surface area contributed by atoms with Gasteiger partial charge in [0.2, 0.25) is 0 Å². The molecule has 0 heterocycles. The van der Waals surface area contributed by atoms with E-state index in [-0.39, 0.29) is 11.4 Å². The van der Waals surface area contributed by atoms with E-state index >= 15 is 0 Å². The Hall–Kier alpha value is -1.78. The number of nitro groups is 1. The number of hydrogen-bond donors (Lipinski definition) is 2. The van der Waals surface area contributed by atoms with Gasteiger partial charge in [-0.3, -0.25) is 10.1 Å². The van der Waals surface area contributed by atoms with Gasteiger partial charge in [0.05, 0.1) is 4.92 Å². The normalized spacial score (nSPS) is 22.9. The molecule has 1 aliphatic carbocycles. The fraction of sp³-hybridized carbons (Fsp3) is 0.538. The van der Waals surface area contributed by atoms with Crippen LogP contribution in [0.4, 0.5) is 17.1 Å². The lowest BCUT2D eigenvalue weighted by molar-refractivity contribution is -0.383. The fourth-order valence-corrected chi connectivity index (χ4v) is 2.67. The number of nitro benzene ring substituents is 1. The largest absolute Gasteiger partial charge is 0.393 e. The molecule has 18 heavy (non-hydrogen) atoms. The molecule has 0 aromatic heterocycles. The van der Waals surface area contributed by atoms with E-state index in [1.165, 1.54) is 19.3 Å². The van der Waals surface area contributed by atoms with Gasteiger partial charge < -0.3 is 11.1 Å². The molecule has 0 saturated heterocycles. The average Bonchev–Trinajstić information content (AvgIpc) is 2.71. The first-order valence-corrected chi connectivity index (χ1v) is 6.36. The third-order valence-corrected chi connectivity index (χ3v) is 3.84. The van der Waals surface area contributed by atoms with Crippen LogP contribution in [0.5, 0.6) is 0 Å². The van der Waals surface area contributed by atoms with Crippen molar-refractivity contribution >= 4 is 17.1 Å². The number of benzene rings is 1. The third kappa shape index (κ3) is 2.55. The van der Waals surface area contributed by atoms with E-state index in [2.05, 4.69) is 12.2 Å². The summed E-state index contributed by atoms with van der Waals surface area (Å²) >= 11 is 0. The van der Waals surface area contributed by atoms with Crippen molar-refractivity contribution in [2.45, 2.75) is 26.2 Å². The first-order valence-electron chi connectivity index (χ1n) is 6.36. The summed E-state index contributed by atoms with van der Waals surface area (Å²) in [6.07, 6.45) is 3.71. The van der Waals surface area contributed by atoms with Crippen LogP contribution in [-0.2, 0) is 0 Å². The number of nitrogens with one attached hydrogen (secondary N) is 1. The summed E-state index contributed by atoms with van der Waals surface area (Å²) < 4.78 is 0. The van der Waals surface area contributed by atoms with Crippen molar-refractivity contribution in [2.75, 3.05) is 17.6 Å². The van der Waals surface area contributed by atoms with Crippen LogP contribution in [0, 0.1) is 22.0 Å². The van der Waals surface area contributed by atoms with Crippen LogP contribution in [-0.4, -0.2) is 11.5 Å². The SMILES string of the molecule is CC1CCCC1CNc1cccc(N)c1[N+](=O)[O-]. The third-order valence-electron chi connectivity index (χ3n) is 3.84. The van der Waals surface area contributed by atoms with Crippen molar-refractivity contribution in [1.82, 2.24) is 0 Å². The van der Waals surface area contributed by atoms with Gasteiger partial charge in [0.1, 0.15) is 11.4 Å². The minimum Gasteiger partial charge on any atom is -0.393 e. The van der Waals surface area contributed by atoms with Crippen LogP contribution in [0.1, 0.15) is 26.2 Å². The highest BCUT2D eigenvalue weighted by atomic mass is 16.6. The number of nitrogens with two attached hydrogens (primary N) is 1. The summed E-state index contributed by atoms with van der Waals surface area (Å²) in [5, 5.41) is 14.2. The second kappa shape index (κ2) is 5.25. The maximum absolute atomic E-state index is 11.0.